The molecule has 1 aromatic carbocycles. The number of sulfonamides is 1. The number of aromatic nitrogens is 2. The van der Waals surface area contributed by atoms with Gasteiger partial charge in [-0.15, -0.1) is 0 Å². The van der Waals surface area contributed by atoms with Crippen LogP contribution in [0.1, 0.15) is 12.2 Å². The second-order valence-corrected chi connectivity index (χ2v) is 8.48. The molecule has 3 heterocycles. The second kappa shape index (κ2) is 6.34. The van der Waals surface area contributed by atoms with E-state index in [9.17, 15) is 8.42 Å². The van der Waals surface area contributed by atoms with Crippen molar-refractivity contribution in [2.45, 2.75) is 24.3 Å². The molecule has 1 aromatic heterocycles. The van der Waals surface area contributed by atoms with E-state index in [2.05, 4.69) is 9.55 Å². The van der Waals surface area contributed by atoms with Crippen LogP contribution in [0.3, 0.4) is 0 Å². The third-order valence-corrected chi connectivity index (χ3v) is 6.61. The molecule has 0 saturated carbocycles. The minimum Gasteiger partial charge on any atom is -0.486 e. The summed E-state index contributed by atoms with van der Waals surface area (Å²) >= 11 is 0. The Hall–Kier alpha value is -2.06. The Morgan fingerprint density at radius 2 is 2.16 bits per heavy atom. The molecule has 0 bridgehead atoms. The quantitative estimate of drug-likeness (QED) is 0.824. The first-order valence-electron chi connectivity index (χ1n) is 8.40. The van der Waals surface area contributed by atoms with Gasteiger partial charge in [-0.05, 0) is 24.5 Å². The number of rotatable bonds is 4. The molecule has 0 saturated heterocycles. The van der Waals surface area contributed by atoms with Gasteiger partial charge in [-0.3, -0.25) is 0 Å². The van der Waals surface area contributed by atoms with Gasteiger partial charge in [-0.2, -0.15) is 0 Å². The van der Waals surface area contributed by atoms with Gasteiger partial charge >= 0.3 is 0 Å². The van der Waals surface area contributed by atoms with Gasteiger partial charge < -0.3 is 14.0 Å². The van der Waals surface area contributed by atoms with E-state index in [0.717, 1.165) is 25.2 Å². The number of benzene rings is 1. The van der Waals surface area contributed by atoms with E-state index in [1.165, 1.54) is 4.31 Å². The minimum atomic E-state index is -3.64. The largest absolute Gasteiger partial charge is 0.486 e. The SMILES string of the molecule is CN(C[C@@H]1CCc2nccn2C1)S(=O)(=O)c1cccc2c1OCCO2. The van der Waals surface area contributed by atoms with Crippen LogP contribution >= 0.6 is 0 Å². The second-order valence-electron chi connectivity index (χ2n) is 6.47. The lowest BCUT2D eigenvalue weighted by Gasteiger charge is -2.28. The van der Waals surface area contributed by atoms with Crippen molar-refractivity contribution in [3.05, 3.63) is 36.4 Å². The highest BCUT2D eigenvalue weighted by Gasteiger charge is 2.31. The summed E-state index contributed by atoms with van der Waals surface area (Å²) in [5.74, 6) is 2.14. The number of fused-ring (bicyclic) bond motifs is 2. The van der Waals surface area contributed by atoms with Crippen LogP contribution in [0, 0.1) is 5.92 Å². The molecule has 0 radical (unpaired) electrons. The molecule has 134 valence electrons. The Bertz CT molecular complexity index is 878. The Morgan fingerprint density at radius 1 is 1.32 bits per heavy atom. The van der Waals surface area contributed by atoms with Crippen LogP contribution in [0.25, 0.3) is 0 Å². The molecule has 7 nitrogen and oxygen atoms in total. The number of imidazole rings is 1. The van der Waals surface area contributed by atoms with Gasteiger partial charge in [0.15, 0.2) is 11.5 Å². The van der Waals surface area contributed by atoms with Gasteiger partial charge in [-0.1, -0.05) is 6.07 Å². The Labute approximate surface area is 147 Å². The highest BCUT2D eigenvalue weighted by Crippen LogP contribution is 2.37. The van der Waals surface area contributed by atoms with Crippen molar-refractivity contribution in [3.8, 4) is 11.5 Å². The third kappa shape index (κ3) is 3.00. The van der Waals surface area contributed by atoms with Gasteiger partial charge in [0.2, 0.25) is 10.0 Å². The van der Waals surface area contributed by atoms with E-state index >= 15 is 0 Å². The normalized spacial score (nSPS) is 19.7. The van der Waals surface area contributed by atoms with E-state index in [0.29, 0.717) is 31.3 Å². The van der Waals surface area contributed by atoms with Crippen molar-refractivity contribution in [3.63, 3.8) is 0 Å². The number of nitrogens with zero attached hydrogens (tertiary/aromatic N) is 3. The topological polar surface area (TPSA) is 73.7 Å². The van der Waals surface area contributed by atoms with Crippen molar-refractivity contribution in [2.24, 2.45) is 5.92 Å². The lowest BCUT2D eigenvalue weighted by atomic mass is 10.00. The first-order valence-corrected chi connectivity index (χ1v) is 9.84. The van der Waals surface area contributed by atoms with Crippen molar-refractivity contribution in [1.82, 2.24) is 13.9 Å². The monoisotopic (exact) mass is 363 g/mol. The van der Waals surface area contributed by atoms with Gasteiger partial charge in [-0.25, -0.2) is 17.7 Å². The van der Waals surface area contributed by atoms with Crippen LogP contribution in [0.2, 0.25) is 0 Å². The average Bonchev–Trinajstić information content (AvgIpc) is 3.09. The van der Waals surface area contributed by atoms with Gasteiger partial charge in [0, 0.05) is 39.0 Å². The molecule has 8 heteroatoms. The molecule has 4 rings (SSSR count). The van der Waals surface area contributed by atoms with Crippen LogP contribution in [0.5, 0.6) is 11.5 Å². The summed E-state index contributed by atoms with van der Waals surface area (Å²) in [5.41, 5.74) is 0. The maximum absolute atomic E-state index is 13.0. The number of aryl methyl sites for hydroxylation is 1. The summed E-state index contributed by atoms with van der Waals surface area (Å²) in [7, 11) is -2.01. The fourth-order valence-corrected chi connectivity index (χ4v) is 4.85. The van der Waals surface area contributed by atoms with E-state index in [4.69, 9.17) is 9.47 Å². The molecule has 0 fully saturated rings. The van der Waals surface area contributed by atoms with Crippen molar-refractivity contribution in [1.29, 1.82) is 0 Å². The molecule has 0 spiro atoms. The fourth-order valence-electron chi connectivity index (χ4n) is 3.47. The first-order chi connectivity index (χ1) is 12.1. The van der Waals surface area contributed by atoms with Crippen LogP contribution in [0.4, 0.5) is 0 Å². The standard InChI is InChI=1S/C17H21N3O4S/c1-19(11-13-5-6-16-18-7-8-20(16)12-13)25(21,22)15-4-2-3-14-17(15)24-10-9-23-14/h2-4,7-8,13H,5-6,9-12H2,1H3/t13-/m0/s1. The fraction of sp³-hybridized carbons (Fsp3) is 0.471. The molecule has 2 aliphatic rings. The number of ether oxygens (including phenoxy) is 2. The van der Waals surface area contributed by atoms with Crippen molar-refractivity contribution >= 4 is 10.0 Å². The number of para-hydroxylation sites is 1. The zero-order chi connectivity index (χ0) is 17.4. The molecule has 25 heavy (non-hydrogen) atoms. The smallest absolute Gasteiger partial charge is 0.246 e. The van der Waals surface area contributed by atoms with Crippen molar-refractivity contribution < 1.29 is 17.9 Å². The predicted octanol–water partition coefficient (Wildman–Crippen LogP) is 1.54. The summed E-state index contributed by atoms with van der Waals surface area (Å²) in [5, 5.41) is 0. The molecule has 2 aliphatic heterocycles. The first kappa shape index (κ1) is 16.4. The van der Waals surface area contributed by atoms with E-state index in [1.54, 1.807) is 31.4 Å². The maximum Gasteiger partial charge on any atom is 0.246 e. The van der Waals surface area contributed by atoms with Crippen LogP contribution in [-0.2, 0) is 23.0 Å². The van der Waals surface area contributed by atoms with E-state index in [1.807, 2.05) is 6.20 Å². The summed E-state index contributed by atoms with van der Waals surface area (Å²) in [4.78, 5) is 4.49. The van der Waals surface area contributed by atoms with Crippen molar-refractivity contribution in [2.75, 3.05) is 26.8 Å². The molecule has 0 N–H and O–H groups in total. The van der Waals surface area contributed by atoms with E-state index in [-0.39, 0.29) is 10.8 Å². The molecule has 1 atom stereocenters. The Kier molecular flexibility index (Phi) is 4.16. The lowest BCUT2D eigenvalue weighted by molar-refractivity contribution is 0.166. The highest BCUT2D eigenvalue weighted by molar-refractivity contribution is 7.89. The number of hydrogen-bond donors (Lipinski definition) is 0. The minimum absolute atomic E-state index is 0.173. The molecule has 0 amide bonds. The molecular formula is C17H21N3O4S. The summed E-state index contributed by atoms with van der Waals surface area (Å²) in [6.07, 6.45) is 5.56. The lowest BCUT2D eigenvalue weighted by Crippen LogP contribution is -2.35. The molecule has 0 unspecified atom stereocenters. The van der Waals surface area contributed by atoms with Crippen LogP contribution < -0.4 is 9.47 Å². The van der Waals surface area contributed by atoms with E-state index < -0.39 is 10.0 Å². The summed E-state index contributed by atoms with van der Waals surface area (Å²) < 4.78 is 40.7. The number of hydrogen-bond acceptors (Lipinski definition) is 5. The Morgan fingerprint density at radius 3 is 3.04 bits per heavy atom. The average molecular weight is 363 g/mol. The third-order valence-electron chi connectivity index (χ3n) is 4.77. The van der Waals surface area contributed by atoms with Crippen LogP contribution in [0.15, 0.2) is 35.5 Å². The predicted molar refractivity (Wildman–Crippen MR) is 91.3 cm³/mol. The zero-order valence-corrected chi connectivity index (χ0v) is 14.9. The summed E-state index contributed by atoms with van der Waals surface area (Å²) in [6.45, 7) is 2.04. The van der Waals surface area contributed by atoms with Gasteiger partial charge in [0.05, 0.1) is 0 Å². The van der Waals surface area contributed by atoms with Crippen LogP contribution in [-0.4, -0.2) is 49.1 Å². The molecule has 0 aliphatic carbocycles. The molecule has 2 aromatic rings. The van der Waals surface area contributed by atoms with Gasteiger partial charge in [0.1, 0.15) is 23.9 Å². The van der Waals surface area contributed by atoms with Gasteiger partial charge in [0.25, 0.3) is 0 Å². The Balaban J connectivity index is 1.55. The summed E-state index contributed by atoms with van der Waals surface area (Å²) in [6, 6.07) is 5.00. The zero-order valence-electron chi connectivity index (χ0n) is 14.1. The molecular weight excluding hydrogens is 342 g/mol. The maximum atomic E-state index is 13.0. The highest BCUT2D eigenvalue weighted by atomic mass is 32.2.